The van der Waals surface area contributed by atoms with Crippen molar-refractivity contribution >= 4 is 22.5 Å². The van der Waals surface area contributed by atoms with Gasteiger partial charge < -0.3 is 15.0 Å². The molecule has 0 radical (unpaired) electrons. The Hall–Kier alpha value is -2.59. The Labute approximate surface area is 140 Å². The zero-order chi connectivity index (χ0) is 16.5. The number of para-hydroxylation sites is 1. The van der Waals surface area contributed by atoms with Crippen LogP contribution in [0, 0.1) is 0 Å². The Morgan fingerprint density at radius 1 is 1.08 bits per heavy atom. The van der Waals surface area contributed by atoms with Crippen molar-refractivity contribution in [1.29, 1.82) is 0 Å². The molecule has 24 heavy (non-hydrogen) atoms. The van der Waals surface area contributed by atoms with Crippen molar-refractivity contribution in [2.45, 2.75) is 32.0 Å². The topological polar surface area (TPSA) is 54.1 Å². The first-order chi connectivity index (χ1) is 11.7. The van der Waals surface area contributed by atoms with E-state index in [0.717, 1.165) is 40.7 Å². The minimum Gasteiger partial charge on any atom is -0.365 e. The number of H-pyrrole nitrogens is 1. The maximum atomic E-state index is 12.6. The van der Waals surface area contributed by atoms with Crippen molar-refractivity contribution in [3.63, 3.8) is 0 Å². The Morgan fingerprint density at radius 3 is 2.58 bits per heavy atom. The van der Waals surface area contributed by atoms with E-state index in [1.54, 1.807) is 0 Å². The Balaban J connectivity index is 1.74. The van der Waals surface area contributed by atoms with E-state index in [9.17, 15) is 4.79 Å². The van der Waals surface area contributed by atoms with Gasteiger partial charge in [-0.3, -0.25) is 4.79 Å². The van der Waals surface area contributed by atoms with Crippen molar-refractivity contribution in [2.24, 2.45) is 0 Å². The number of aromatic nitrogens is 1. The van der Waals surface area contributed by atoms with Gasteiger partial charge in [-0.2, -0.15) is 0 Å². The molecule has 0 unspecified atom stereocenters. The molecule has 4 heteroatoms. The highest BCUT2D eigenvalue weighted by atomic mass is 16.5. The fourth-order valence-electron chi connectivity index (χ4n) is 3.29. The lowest BCUT2D eigenvalue weighted by molar-refractivity contribution is -0.126. The summed E-state index contributed by atoms with van der Waals surface area (Å²) in [5, 5.41) is 4.11. The van der Waals surface area contributed by atoms with Gasteiger partial charge in [0.2, 0.25) is 0 Å². The SMILES string of the molecule is C[C@@H]1CC[C@H](C(=O)Nc2c(-c3ccccc3)[nH]c3ccccc23)O1. The molecule has 1 fully saturated rings. The van der Waals surface area contributed by atoms with Crippen molar-refractivity contribution in [3.8, 4) is 11.3 Å². The predicted octanol–water partition coefficient (Wildman–Crippen LogP) is 4.34. The number of hydrogen-bond donors (Lipinski definition) is 2. The van der Waals surface area contributed by atoms with Gasteiger partial charge >= 0.3 is 0 Å². The van der Waals surface area contributed by atoms with Gasteiger partial charge in [0.05, 0.1) is 17.5 Å². The van der Waals surface area contributed by atoms with E-state index in [1.165, 1.54) is 0 Å². The molecular formula is C20H20N2O2. The quantitative estimate of drug-likeness (QED) is 0.754. The molecule has 2 atom stereocenters. The number of fused-ring (bicyclic) bond motifs is 1. The Kier molecular flexibility index (Phi) is 3.82. The van der Waals surface area contributed by atoms with Crippen LogP contribution >= 0.6 is 0 Å². The third-order valence-electron chi connectivity index (χ3n) is 4.54. The number of benzene rings is 2. The molecule has 1 aromatic heterocycles. The number of carbonyl (C=O) groups excluding carboxylic acids is 1. The molecule has 1 amide bonds. The average Bonchev–Trinajstić information content (AvgIpc) is 3.20. The lowest BCUT2D eigenvalue weighted by atomic mass is 10.1. The summed E-state index contributed by atoms with van der Waals surface area (Å²) in [5.74, 6) is -0.0683. The van der Waals surface area contributed by atoms with E-state index in [-0.39, 0.29) is 18.1 Å². The van der Waals surface area contributed by atoms with E-state index < -0.39 is 0 Å². The van der Waals surface area contributed by atoms with E-state index in [1.807, 2.05) is 61.5 Å². The predicted molar refractivity (Wildman–Crippen MR) is 95.9 cm³/mol. The van der Waals surface area contributed by atoms with Crippen LogP contribution in [0.5, 0.6) is 0 Å². The second kappa shape index (κ2) is 6.13. The highest BCUT2D eigenvalue weighted by Gasteiger charge is 2.29. The Bertz CT molecular complexity index is 870. The number of hydrogen-bond acceptors (Lipinski definition) is 2. The second-order valence-corrected chi connectivity index (χ2v) is 6.29. The third kappa shape index (κ3) is 2.69. The van der Waals surface area contributed by atoms with Crippen molar-refractivity contribution in [1.82, 2.24) is 4.98 Å². The summed E-state index contributed by atoms with van der Waals surface area (Å²) in [6, 6.07) is 18.1. The average molecular weight is 320 g/mol. The van der Waals surface area contributed by atoms with E-state index in [4.69, 9.17) is 4.74 Å². The molecule has 2 heterocycles. The molecule has 122 valence electrons. The molecule has 0 saturated carbocycles. The van der Waals surface area contributed by atoms with Gasteiger partial charge in [-0.15, -0.1) is 0 Å². The van der Waals surface area contributed by atoms with Crippen LogP contribution in [-0.2, 0) is 9.53 Å². The molecule has 4 nitrogen and oxygen atoms in total. The molecule has 2 aromatic carbocycles. The molecule has 1 aliphatic heterocycles. The molecule has 3 aromatic rings. The van der Waals surface area contributed by atoms with Crippen LogP contribution in [0.3, 0.4) is 0 Å². The highest BCUT2D eigenvalue weighted by Crippen LogP contribution is 2.35. The lowest BCUT2D eigenvalue weighted by Gasteiger charge is -2.13. The van der Waals surface area contributed by atoms with Crippen LogP contribution < -0.4 is 5.32 Å². The van der Waals surface area contributed by atoms with Crippen molar-refractivity contribution in [3.05, 3.63) is 54.6 Å². The first-order valence-electron chi connectivity index (χ1n) is 8.35. The summed E-state index contributed by atoms with van der Waals surface area (Å²) in [4.78, 5) is 16.1. The van der Waals surface area contributed by atoms with Gasteiger partial charge in [0.15, 0.2) is 0 Å². The summed E-state index contributed by atoms with van der Waals surface area (Å²) < 4.78 is 5.71. The minimum atomic E-state index is -0.364. The van der Waals surface area contributed by atoms with Crippen LogP contribution in [0.1, 0.15) is 19.8 Å². The second-order valence-electron chi connectivity index (χ2n) is 6.29. The van der Waals surface area contributed by atoms with Gasteiger partial charge in [-0.05, 0) is 25.8 Å². The maximum absolute atomic E-state index is 12.6. The number of amides is 1. The molecule has 0 aliphatic carbocycles. The third-order valence-corrected chi connectivity index (χ3v) is 4.54. The fourth-order valence-corrected chi connectivity index (χ4v) is 3.29. The minimum absolute atomic E-state index is 0.0683. The monoisotopic (exact) mass is 320 g/mol. The fraction of sp³-hybridized carbons (Fsp3) is 0.250. The van der Waals surface area contributed by atoms with Crippen molar-refractivity contribution in [2.75, 3.05) is 5.32 Å². The van der Waals surface area contributed by atoms with Crippen molar-refractivity contribution < 1.29 is 9.53 Å². The van der Waals surface area contributed by atoms with Gasteiger partial charge in [0.25, 0.3) is 5.91 Å². The molecule has 1 saturated heterocycles. The maximum Gasteiger partial charge on any atom is 0.253 e. The van der Waals surface area contributed by atoms with E-state index in [2.05, 4.69) is 10.3 Å². The lowest BCUT2D eigenvalue weighted by Crippen LogP contribution is -2.27. The number of carbonyl (C=O) groups is 1. The first kappa shape index (κ1) is 15.0. The van der Waals surface area contributed by atoms with Crippen LogP contribution in [0.4, 0.5) is 5.69 Å². The molecule has 1 aliphatic rings. The highest BCUT2D eigenvalue weighted by molar-refractivity contribution is 6.08. The summed E-state index contributed by atoms with van der Waals surface area (Å²) in [5.41, 5.74) is 3.80. The molecule has 0 spiro atoms. The van der Waals surface area contributed by atoms with E-state index in [0.29, 0.717) is 0 Å². The number of anilines is 1. The van der Waals surface area contributed by atoms with Gasteiger partial charge in [-0.1, -0.05) is 48.5 Å². The number of aromatic amines is 1. The van der Waals surface area contributed by atoms with E-state index >= 15 is 0 Å². The van der Waals surface area contributed by atoms with Crippen LogP contribution in [0.15, 0.2) is 54.6 Å². The van der Waals surface area contributed by atoms with Gasteiger partial charge in [-0.25, -0.2) is 0 Å². The number of nitrogens with one attached hydrogen (secondary N) is 2. The smallest absolute Gasteiger partial charge is 0.253 e. The molecular weight excluding hydrogens is 300 g/mol. The zero-order valence-electron chi connectivity index (χ0n) is 13.6. The van der Waals surface area contributed by atoms with Gasteiger partial charge in [0.1, 0.15) is 6.10 Å². The van der Waals surface area contributed by atoms with Crippen LogP contribution in [-0.4, -0.2) is 23.1 Å². The summed E-state index contributed by atoms with van der Waals surface area (Å²) in [6.45, 7) is 2.01. The number of ether oxygens (including phenoxy) is 1. The van der Waals surface area contributed by atoms with Crippen LogP contribution in [0.25, 0.3) is 22.2 Å². The molecule has 0 bridgehead atoms. The largest absolute Gasteiger partial charge is 0.365 e. The normalized spacial score (nSPS) is 20.4. The molecule has 4 rings (SSSR count). The Morgan fingerprint density at radius 2 is 1.83 bits per heavy atom. The summed E-state index contributed by atoms with van der Waals surface area (Å²) in [6.07, 6.45) is 1.49. The first-order valence-corrected chi connectivity index (χ1v) is 8.35. The number of rotatable bonds is 3. The van der Waals surface area contributed by atoms with Crippen LogP contribution in [0.2, 0.25) is 0 Å². The molecule has 2 N–H and O–H groups in total. The van der Waals surface area contributed by atoms with Gasteiger partial charge in [0, 0.05) is 16.5 Å². The summed E-state index contributed by atoms with van der Waals surface area (Å²) >= 11 is 0. The standard InChI is InChI=1S/C20H20N2O2/c1-13-11-12-17(24-13)20(23)22-19-15-9-5-6-10-16(15)21-18(19)14-7-3-2-4-8-14/h2-10,13,17,21H,11-12H2,1H3,(H,22,23)/t13-,17-/m1/s1. The zero-order valence-corrected chi connectivity index (χ0v) is 13.6. The summed E-state index contributed by atoms with van der Waals surface area (Å²) in [7, 11) is 0.